The van der Waals surface area contributed by atoms with E-state index in [0.29, 0.717) is 21.8 Å². The number of nitrogen functional groups attached to an aromatic ring is 1. The number of nitrogens with two attached hydrogens (primary N) is 1. The van der Waals surface area contributed by atoms with Crippen molar-refractivity contribution < 1.29 is 14.7 Å². The van der Waals surface area contributed by atoms with E-state index in [-0.39, 0.29) is 5.91 Å². The number of aromatic nitrogens is 1. The summed E-state index contributed by atoms with van der Waals surface area (Å²) in [6, 6.07) is 10.4. The van der Waals surface area contributed by atoms with Crippen LogP contribution in [0.5, 0.6) is 0 Å². The Balaban J connectivity index is 2.03. The predicted molar refractivity (Wildman–Crippen MR) is 89.8 cm³/mol. The zero-order valence-corrected chi connectivity index (χ0v) is 12.8. The van der Waals surface area contributed by atoms with Gasteiger partial charge in [0.1, 0.15) is 12.4 Å². The molecule has 0 bridgehead atoms. The van der Waals surface area contributed by atoms with Crippen molar-refractivity contribution in [1.29, 1.82) is 0 Å². The lowest BCUT2D eigenvalue weighted by Crippen LogP contribution is -2.35. The molecule has 116 valence electrons. The van der Waals surface area contributed by atoms with Crippen LogP contribution in [0.2, 0.25) is 0 Å². The van der Waals surface area contributed by atoms with Gasteiger partial charge in [0, 0.05) is 17.1 Å². The molecule has 0 spiro atoms. The van der Waals surface area contributed by atoms with E-state index >= 15 is 0 Å². The highest BCUT2D eigenvalue weighted by molar-refractivity contribution is 7.14. The zero-order valence-electron chi connectivity index (χ0n) is 12.0. The van der Waals surface area contributed by atoms with Crippen LogP contribution in [0.15, 0.2) is 48.0 Å². The third-order valence-corrected chi connectivity index (χ3v) is 4.25. The fourth-order valence-electron chi connectivity index (χ4n) is 2.29. The lowest BCUT2D eigenvalue weighted by molar-refractivity contribution is -0.135. The first kappa shape index (κ1) is 15.0. The van der Waals surface area contributed by atoms with Crippen LogP contribution >= 0.6 is 11.3 Å². The summed E-state index contributed by atoms with van der Waals surface area (Å²) in [7, 11) is 0. The molecule has 2 heterocycles. The van der Waals surface area contributed by atoms with Crippen LogP contribution in [-0.4, -0.2) is 28.5 Å². The normalized spacial score (nSPS) is 10.6. The Labute approximate surface area is 135 Å². The maximum atomic E-state index is 12.7. The van der Waals surface area contributed by atoms with Crippen LogP contribution in [0.3, 0.4) is 0 Å². The van der Waals surface area contributed by atoms with Gasteiger partial charge in [-0.2, -0.15) is 0 Å². The van der Waals surface area contributed by atoms with Crippen LogP contribution in [0.25, 0.3) is 10.8 Å². The second-order valence-electron chi connectivity index (χ2n) is 4.87. The van der Waals surface area contributed by atoms with Gasteiger partial charge in [0.2, 0.25) is 0 Å². The van der Waals surface area contributed by atoms with Crippen LogP contribution in [0.4, 0.5) is 10.8 Å². The number of hydrogen-bond donors (Lipinski definition) is 2. The highest BCUT2D eigenvalue weighted by atomic mass is 32.1. The van der Waals surface area contributed by atoms with Gasteiger partial charge in [-0.15, -0.1) is 11.3 Å². The largest absolute Gasteiger partial charge is 0.480 e. The molecule has 3 N–H and O–H groups in total. The smallest absolute Gasteiger partial charge is 0.323 e. The van der Waals surface area contributed by atoms with Crippen molar-refractivity contribution in [3.63, 3.8) is 0 Å². The number of rotatable bonds is 4. The summed E-state index contributed by atoms with van der Waals surface area (Å²) < 4.78 is 0. The SMILES string of the molecule is Nc1nccc2ccc(C(=O)N(CC(=O)O)c3cccs3)cc12. The second-order valence-corrected chi connectivity index (χ2v) is 5.79. The van der Waals surface area contributed by atoms with Crippen LogP contribution in [0.1, 0.15) is 10.4 Å². The van der Waals surface area contributed by atoms with Gasteiger partial charge >= 0.3 is 5.97 Å². The number of amides is 1. The Bertz CT molecular complexity index is 877. The number of carbonyl (C=O) groups excluding carboxylic acids is 1. The van der Waals surface area contributed by atoms with E-state index in [1.54, 1.807) is 48.0 Å². The minimum atomic E-state index is -1.08. The summed E-state index contributed by atoms with van der Waals surface area (Å²) in [5.74, 6) is -1.13. The number of hydrogen-bond acceptors (Lipinski definition) is 5. The molecule has 0 aliphatic heterocycles. The molecule has 1 amide bonds. The molecule has 3 aromatic rings. The summed E-state index contributed by atoms with van der Waals surface area (Å²) in [4.78, 5) is 29.1. The number of aliphatic carboxylic acids is 1. The molecule has 1 aromatic carbocycles. The minimum absolute atomic E-state index is 0.332. The van der Waals surface area contributed by atoms with E-state index in [1.165, 1.54) is 16.2 Å². The van der Waals surface area contributed by atoms with E-state index in [4.69, 9.17) is 10.8 Å². The van der Waals surface area contributed by atoms with E-state index in [2.05, 4.69) is 4.98 Å². The number of carboxylic acid groups (broad SMARTS) is 1. The summed E-state index contributed by atoms with van der Waals surface area (Å²) in [6.45, 7) is -0.403. The fraction of sp³-hybridized carbons (Fsp3) is 0.0625. The highest BCUT2D eigenvalue weighted by Crippen LogP contribution is 2.25. The number of fused-ring (bicyclic) bond motifs is 1. The fourth-order valence-corrected chi connectivity index (χ4v) is 3.02. The number of benzene rings is 1. The molecule has 23 heavy (non-hydrogen) atoms. The van der Waals surface area contributed by atoms with Crippen molar-refractivity contribution in [2.75, 3.05) is 17.2 Å². The summed E-state index contributed by atoms with van der Waals surface area (Å²) in [5.41, 5.74) is 6.22. The Hall–Kier alpha value is -2.93. The first-order valence-corrected chi connectivity index (χ1v) is 7.65. The molecular weight excluding hydrogens is 314 g/mol. The quantitative estimate of drug-likeness (QED) is 0.768. The number of carboxylic acids is 1. The van der Waals surface area contributed by atoms with Gasteiger partial charge in [-0.1, -0.05) is 6.07 Å². The van der Waals surface area contributed by atoms with E-state index in [0.717, 1.165) is 5.39 Å². The molecule has 3 rings (SSSR count). The number of anilines is 2. The van der Waals surface area contributed by atoms with E-state index < -0.39 is 12.5 Å². The summed E-state index contributed by atoms with van der Waals surface area (Å²) >= 11 is 1.31. The number of thiophene rings is 1. The molecule has 0 unspecified atom stereocenters. The van der Waals surface area contributed by atoms with Crippen molar-refractivity contribution in [1.82, 2.24) is 4.98 Å². The zero-order chi connectivity index (χ0) is 16.4. The topological polar surface area (TPSA) is 96.5 Å². The molecule has 0 saturated heterocycles. The molecule has 0 radical (unpaired) electrons. The van der Waals surface area contributed by atoms with Gasteiger partial charge in [-0.25, -0.2) is 4.98 Å². The molecule has 7 heteroatoms. The maximum absolute atomic E-state index is 12.7. The third kappa shape index (κ3) is 3.00. The van der Waals surface area contributed by atoms with Crippen molar-refractivity contribution in [3.05, 3.63) is 53.5 Å². The Morgan fingerprint density at radius 2 is 2.09 bits per heavy atom. The van der Waals surface area contributed by atoms with Gasteiger partial charge in [-0.05, 0) is 41.1 Å². The molecule has 0 aliphatic carbocycles. The average Bonchev–Trinajstić information content (AvgIpc) is 3.06. The van der Waals surface area contributed by atoms with Crippen LogP contribution in [-0.2, 0) is 4.79 Å². The molecule has 0 atom stereocenters. The Morgan fingerprint density at radius 3 is 2.78 bits per heavy atom. The van der Waals surface area contributed by atoms with Gasteiger partial charge in [0.25, 0.3) is 5.91 Å². The Morgan fingerprint density at radius 1 is 1.26 bits per heavy atom. The van der Waals surface area contributed by atoms with Crippen LogP contribution in [0, 0.1) is 0 Å². The molecular formula is C16H13N3O3S. The highest BCUT2D eigenvalue weighted by Gasteiger charge is 2.21. The lowest BCUT2D eigenvalue weighted by Gasteiger charge is -2.19. The van der Waals surface area contributed by atoms with Crippen molar-refractivity contribution in [3.8, 4) is 0 Å². The third-order valence-electron chi connectivity index (χ3n) is 3.35. The van der Waals surface area contributed by atoms with Gasteiger partial charge < -0.3 is 10.8 Å². The van der Waals surface area contributed by atoms with Crippen molar-refractivity contribution in [2.45, 2.75) is 0 Å². The van der Waals surface area contributed by atoms with Crippen LogP contribution < -0.4 is 10.6 Å². The van der Waals surface area contributed by atoms with Crippen molar-refractivity contribution in [2.24, 2.45) is 0 Å². The predicted octanol–water partition coefficient (Wildman–Crippen LogP) is 2.61. The molecule has 0 aliphatic rings. The van der Waals surface area contributed by atoms with Gasteiger partial charge in [0.15, 0.2) is 0 Å². The second kappa shape index (κ2) is 6.05. The summed E-state index contributed by atoms with van der Waals surface area (Å²) in [6.07, 6.45) is 1.60. The monoisotopic (exact) mass is 327 g/mol. The molecule has 0 saturated carbocycles. The molecule has 2 aromatic heterocycles. The standard InChI is InChI=1S/C16H13N3O3S/c17-15-12-8-11(4-3-10(12)5-6-18-15)16(22)19(9-14(20)21)13-2-1-7-23-13/h1-8H,9H2,(H2,17,18)(H,20,21). The van der Waals surface area contributed by atoms with Gasteiger partial charge in [-0.3, -0.25) is 14.5 Å². The first-order valence-electron chi connectivity index (χ1n) is 6.77. The van der Waals surface area contributed by atoms with E-state index in [1.807, 2.05) is 0 Å². The maximum Gasteiger partial charge on any atom is 0.323 e. The van der Waals surface area contributed by atoms with Gasteiger partial charge in [0.05, 0.1) is 5.00 Å². The number of carbonyl (C=O) groups is 2. The number of pyridine rings is 1. The Kier molecular flexibility index (Phi) is 3.94. The first-order chi connectivity index (χ1) is 11.1. The lowest BCUT2D eigenvalue weighted by atomic mass is 10.1. The number of nitrogens with zero attached hydrogens (tertiary/aromatic N) is 2. The average molecular weight is 327 g/mol. The summed E-state index contributed by atoms with van der Waals surface area (Å²) in [5, 5.41) is 13.0. The van der Waals surface area contributed by atoms with Crippen molar-refractivity contribution >= 4 is 44.8 Å². The molecule has 6 nitrogen and oxygen atoms in total. The minimum Gasteiger partial charge on any atom is -0.480 e. The van der Waals surface area contributed by atoms with E-state index in [9.17, 15) is 9.59 Å². The molecule has 0 fully saturated rings.